The zero-order valence-electron chi connectivity index (χ0n) is 10.8. The maximum atomic E-state index is 13.1. The van der Waals surface area contributed by atoms with Gasteiger partial charge in [0, 0.05) is 18.6 Å². The number of amides is 1. The van der Waals surface area contributed by atoms with E-state index in [2.05, 4.69) is 0 Å². The van der Waals surface area contributed by atoms with E-state index in [1.807, 2.05) is 0 Å². The van der Waals surface area contributed by atoms with Crippen LogP contribution < -0.4 is 0 Å². The highest BCUT2D eigenvalue weighted by atomic mass is 35.5. The Morgan fingerprint density at radius 3 is 2.70 bits per heavy atom. The minimum Gasteiger partial charge on any atom is -0.507 e. The molecule has 2 aromatic rings. The van der Waals surface area contributed by atoms with Gasteiger partial charge in [-0.1, -0.05) is 23.7 Å². The SMILES string of the molecule is CN(Cc1cccc(F)c1)C(=O)c1ccc(Cl)cc1O. The van der Waals surface area contributed by atoms with Gasteiger partial charge in [-0.05, 0) is 35.9 Å². The first-order chi connectivity index (χ1) is 9.47. The Morgan fingerprint density at radius 1 is 1.30 bits per heavy atom. The molecule has 0 saturated heterocycles. The lowest BCUT2D eigenvalue weighted by molar-refractivity contribution is 0.0782. The summed E-state index contributed by atoms with van der Waals surface area (Å²) in [5, 5.41) is 10.1. The zero-order chi connectivity index (χ0) is 14.7. The molecule has 0 radical (unpaired) electrons. The van der Waals surface area contributed by atoms with Crippen LogP contribution in [0.15, 0.2) is 42.5 Å². The first kappa shape index (κ1) is 14.3. The number of carbonyl (C=O) groups is 1. The molecule has 0 saturated carbocycles. The highest BCUT2D eigenvalue weighted by Crippen LogP contribution is 2.23. The van der Waals surface area contributed by atoms with Crippen LogP contribution in [-0.2, 0) is 6.54 Å². The van der Waals surface area contributed by atoms with E-state index < -0.39 is 0 Å². The predicted molar refractivity (Wildman–Crippen MR) is 75.3 cm³/mol. The summed E-state index contributed by atoms with van der Waals surface area (Å²) in [6, 6.07) is 10.3. The molecule has 0 atom stereocenters. The average molecular weight is 294 g/mol. The Labute approximate surface area is 121 Å². The van der Waals surface area contributed by atoms with Crippen LogP contribution in [0.5, 0.6) is 5.75 Å². The minimum absolute atomic E-state index is 0.160. The van der Waals surface area contributed by atoms with E-state index >= 15 is 0 Å². The molecule has 20 heavy (non-hydrogen) atoms. The third kappa shape index (κ3) is 3.27. The lowest BCUT2D eigenvalue weighted by Crippen LogP contribution is -2.26. The molecular weight excluding hydrogens is 281 g/mol. The lowest BCUT2D eigenvalue weighted by Gasteiger charge is -2.18. The van der Waals surface area contributed by atoms with Crippen molar-refractivity contribution in [1.82, 2.24) is 4.90 Å². The van der Waals surface area contributed by atoms with Gasteiger partial charge in [0.25, 0.3) is 5.91 Å². The minimum atomic E-state index is -0.358. The van der Waals surface area contributed by atoms with Gasteiger partial charge in [-0.15, -0.1) is 0 Å². The van der Waals surface area contributed by atoms with Crippen LogP contribution in [-0.4, -0.2) is 23.0 Å². The Morgan fingerprint density at radius 2 is 2.05 bits per heavy atom. The summed E-state index contributed by atoms with van der Waals surface area (Å²) in [6.07, 6.45) is 0. The van der Waals surface area contributed by atoms with E-state index in [4.69, 9.17) is 11.6 Å². The predicted octanol–water partition coefficient (Wildman–Crippen LogP) is 3.46. The van der Waals surface area contributed by atoms with Gasteiger partial charge in [0.15, 0.2) is 0 Å². The molecule has 104 valence electrons. The smallest absolute Gasteiger partial charge is 0.257 e. The summed E-state index contributed by atoms with van der Waals surface area (Å²) in [5.74, 6) is -0.880. The van der Waals surface area contributed by atoms with E-state index in [1.54, 1.807) is 19.2 Å². The maximum absolute atomic E-state index is 13.1. The third-order valence-corrected chi connectivity index (χ3v) is 3.08. The van der Waals surface area contributed by atoms with Gasteiger partial charge in [0.05, 0.1) is 5.56 Å². The average Bonchev–Trinajstić information content (AvgIpc) is 2.38. The molecular formula is C15H13ClFNO2. The van der Waals surface area contributed by atoms with Crippen LogP contribution in [0, 0.1) is 5.82 Å². The molecule has 5 heteroatoms. The van der Waals surface area contributed by atoms with Crippen LogP contribution in [0.1, 0.15) is 15.9 Å². The summed E-state index contributed by atoms with van der Waals surface area (Å²) in [7, 11) is 1.58. The molecule has 0 unspecified atom stereocenters. The number of phenols is 1. The first-order valence-corrected chi connectivity index (χ1v) is 6.33. The van der Waals surface area contributed by atoms with Crippen molar-refractivity contribution in [3.8, 4) is 5.75 Å². The first-order valence-electron chi connectivity index (χ1n) is 5.96. The molecule has 0 fully saturated rings. The summed E-state index contributed by atoms with van der Waals surface area (Å²) < 4.78 is 13.1. The second-order valence-corrected chi connectivity index (χ2v) is 4.89. The van der Waals surface area contributed by atoms with Gasteiger partial charge in [0.2, 0.25) is 0 Å². The van der Waals surface area contributed by atoms with Gasteiger partial charge in [-0.25, -0.2) is 4.39 Å². The molecule has 0 spiro atoms. The number of nitrogens with zero attached hydrogens (tertiary/aromatic N) is 1. The quantitative estimate of drug-likeness (QED) is 0.941. The second-order valence-electron chi connectivity index (χ2n) is 4.45. The monoisotopic (exact) mass is 293 g/mol. The number of aromatic hydroxyl groups is 1. The lowest BCUT2D eigenvalue weighted by atomic mass is 10.1. The fourth-order valence-electron chi connectivity index (χ4n) is 1.87. The Hall–Kier alpha value is -2.07. The second kappa shape index (κ2) is 5.92. The van der Waals surface area contributed by atoms with Gasteiger partial charge in [-0.3, -0.25) is 4.79 Å². The van der Waals surface area contributed by atoms with Crippen molar-refractivity contribution in [2.45, 2.75) is 6.54 Å². The van der Waals surface area contributed by atoms with E-state index in [-0.39, 0.29) is 29.6 Å². The van der Waals surface area contributed by atoms with Crippen molar-refractivity contribution in [2.75, 3.05) is 7.05 Å². The fraction of sp³-hybridized carbons (Fsp3) is 0.133. The van der Waals surface area contributed by atoms with Crippen LogP contribution in [0.2, 0.25) is 5.02 Å². The van der Waals surface area contributed by atoms with Crippen molar-refractivity contribution in [2.24, 2.45) is 0 Å². The van der Waals surface area contributed by atoms with Crippen molar-refractivity contribution in [3.63, 3.8) is 0 Å². The molecule has 0 bridgehead atoms. The molecule has 0 aliphatic carbocycles. The van der Waals surface area contributed by atoms with Gasteiger partial charge >= 0.3 is 0 Å². The summed E-state index contributed by atoms with van der Waals surface area (Å²) in [5.41, 5.74) is 0.836. The van der Waals surface area contributed by atoms with Gasteiger partial charge < -0.3 is 10.0 Å². The molecule has 1 N–H and O–H groups in total. The number of hydrogen-bond acceptors (Lipinski definition) is 2. The van der Waals surface area contributed by atoms with E-state index in [1.165, 1.54) is 35.2 Å². The molecule has 0 heterocycles. The Kier molecular flexibility index (Phi) is 4.25. The topological polar surface area (TPSA) is 40.5 Å². The Balaban J connectivity index is 2.16. The molecule has 0 aromatic heterocycles. The number of rotatable bonds is 3. The van der Waals surface area contributed by atoms with E-state index in [0.29, 0.717) is 10.6 Å². The van der Waals surface area contributed by atoms with Gasteiger partial charge in [0.1, 0.15) is 11.6 Å². The van der Waals surface area contributed by atoms with E-state index in [0.717, 1.165) is 0 Å². The van der Waals surface area contributed by atoms with Crippen molar-refractivity contribution < 1.29 is 14.3 Å². The molecule has 3 nitrogen and oxygen atoms in total. The summed E-state index contributed by atoms with van der Waals surface area (Å²) in [4.78, 5) is 13.6. The number of phenolic OH excluding ortho intramolecular Hbond substituents is 1. The molecule has 2 aromatic carbocycles. The van der Waals surface area contributed by atoms with Crippen molar-refractivity contribution >= 4 is 17.5 Å². The van der Waals surface area contributed by atoms with Crippen molar-refractivity contribution in [3.05, 3.63) is 64.4 Å². The molecule has 1 amide bonds. The highest BCUT2D eigenvalue weighted by molar-refractivity contribution is 6.30. The molecule has 0 aliphatic rings. The van der Waals surface area contributed by atoms with Crippen LogP contribution in [0.25, 0.3) is 0 Å². The highest BCUT2D eigenvalue weighted by Gasteiger charge is 2.16. The number of hydrogen-bond donors (Lipinski definition) is 1. The maximum Gasteiger partial charge on any atom is 0.257 e. The third-order valence-electron chi connectivity index (χ3n) is 2.85. The zero-order valence-corrected chi connectivity index (χ0v) is 11.6. The van der Waals surface area contributed by atoms with Crippen LogP contribution in [0.4, 0.5) is 4.39 Å². The number of carbonyl (C=O) groups excluding carboxylic acids is 1. The normalized spacial score (nSPS) is 10.3. The van der Waals surface area contributed by atoms with Crippen LogP contribution >= 0.6 is 11.6 Å². The standard InChI is InChI=1S/C15H13ClFNO2/c1-18(9-10-3-2-4-12(17)7-10)15(20)13-6-5-11(16)8-14(13)19/h2-8,19H,9H2,1H3. The molecule has 0 aliphatic heterocycles. The largest absolute Gasteiger partial charge is 0.507 e. The molecule has 2 rings (SSSR count). The Bertz CT molecular complexity index is 646. The fourth-order valence-corrected chi connectivity index (χ4v) is 2.04. The number of benzene rings is 2. The number of halogens is 2. The summed E-state index contributed by atoms with van der Waals surface area (Å²) >= 11 is 5.72. The van der Waals surface area contributed by atoms with Crippen LogP contribution in [0.3, 0.4) is 0 Å². The summed E-state index contributed by atoms with van der Waals surface area (Å²) in [6.45, 7) is 0.249. The van der Waals surface area contributed by atoms with Gasteiger partial charge in [-0.2, -0.15) is 0 Å². The van der Waals surface area contributed by atoms with Crippen molar-refractivity contribution in [1.29, 1.82) is 0 Å². The van der Waals surface area contributed by atoms with E-state index in [9.17, 15) is 14.3 Å².